The van der Waals surface area contributed by atoms with Crippen molar-refractivity contribution in [3.05, 3.63) is 70.2 Å². The van der Waals surface area contributed by atoms with Crippen molar-refractivity contribution in [2.24, 2.45) is 0 Å². The van der Waals surface area contributed by atoms with Gasteiger partial charge in [-0.2, -0.15) is 0 Å². The fourth-order valence-electron chi connectivity index (χ4n) is 3.30. The Morgan fingerprint density at radius 2 is 1.73 bits per heavy atom. The van der Waals surface area contributed by atoms with Gasteiger partial charge in [0.15, 0.2) is 0 Å². The molecule has 3 rings (SSSR count). The highest BCUT2D eigenvalue weighted by Crippen LogP contribution is 2.31. The van der Waals surface area contributed by atoms with Crippen LogP contribution < -0.4 is 0 Å². The van der Waals surface area contributed by atoms with Gasteiger partial charge in [-0.05, 0) is 49.6 Å². The highest BCUT2D eigenvalue weighted by atomic mass is 35.5. The Kier molecular flexibility index (Phi) is 5.33. The third-order valence-corrected chi connectivity index (χ3v) is 5.12. The van der Waals surface area contributed by atoms with E-state index in [2.05, 4.69) is 0 Å². The number of carbonyl (C=O) groups excluding carboxylic acids is 2. The number of benzene rings is 2. The molecule has 1 aliphatic rings. The standard InChI is InChI=1S/C21H23ClN2O2/c1-14(2)23-13-19(25)24(12-17-7-5-4-6-15(17)3)20(21(23)26)16-8-10-18(22)11-9-16/h4-11,14,20H,12-13H2,1-3H3. The smallest absolute Gasteiger partial charge is 0.250 e. The zero-order valence-electron chi connectivity index (χ0n) is 15.3. The Balaban J connectivity index is 2.01. The SMILES string of the molecule is Cc1ccccc1CN1C(=O)CN(C(C)C)C(=O)C1c1ccc(Cl)cc1. The molecule has 1 unspecified atom stereocenters. The van der Waals surface area contributed by atoms with Crippen LogP contribution >= 0.6 is 11.6 Å². The Morgan fingerprint density at radius 1 is 1.08 bits per heavy atom. The van der Waals surface area contributed by atoms with Crippen LogP contribution in [0.25, 0.3) is 0 Å². The minimum Gasteiger partial charge on any atom is -0.329 e. The summed E-state index contributed by atoms with van der Waals surface area (Å²) >= 11 is 6.01. The maximum Gasteiger partial charge on any atom is 0.250 e. The fraction of sp³-hybridized carbons (Fsp3) is 0.333. The maximum atomic E-state index is 13.2. The van der Waals surface area contributed by atoms with Gasteiger partial charge in [0.2, 0.25) is 5.91 Å². The van der Waals surface area contributed by atoms with Crippen molar-refractivity contribution in [2.75, 3.05) is 6.54 Å². The summed E-state index contributed by atoms with van der Waals surface area (Å²) in [5, 5.41) is 0.606. The molecule has 1 saturated heterocycles. The lowest BCUT2D eigenvalue weighted by atomic mass is 9.98. The molecule has 2 amide bonds. The van der Waals surface area contributed by atoms with Crippen LogP contribution in [-0.2, 0) is 16.1 Å². The van der Waals surface area contributed by atoms with Crippen LogP contribution in [0.1, 0.15) is 36.6 Å². The number of halogens is 1. The van der Waals surface area contributed by atoms with E-state index < -0.39 is 6.04 Å². The van der Waals surface area contributed by atoms with Gasteiger partial charge in [-0.3, -0.25) is 9.59 Å². The topological polar surface area (TPSA) is 40.6 Å². The molecule has 2 aromatic carbocycles. The molecule has 136 valence electrons. The van der Waals surface area contributed by atoms with E-state index in [9.17, 15) is 9.59 Å². The number of amides is 2. The van der Waals surface area contributed by atoms with Crippen LogP contribution in [-0.4, -0.2) is 34.2 Å². The van der Waals surface area contributed by atoms with Gasteiger partial charge in [0.25, 0.3) is 5.91 Å². The number of carbonyl (C=O) groups is 2. The molecule has 1 fully saturated rings. The predicted octanol–water partition coefficient (Wildman–Crippen LogP) is 3.97. The molecule has 2 aromatic rings. The molecule has 0 aliphatic carbocycles. The zero-order chi connectivity index (χ0) is 18.8. The number of hydrogen-bond acceptors (Lipinski definition) is 2. The minimum absolute atomic E-state index is 0.0261. The van der Waals surface area contributed by atoms with Gasteiger partial charge in [0.1, 0.15) is 12.6 Å². The number of piperazine rings is 1. The van der Waals surface area contributed by atoms with Gasteiger partial charge in [0, 0.05) is 17.6 Å². The molecule has 1 atom stereocenters. The lowest BCUT2D eigenvalue weighted by Crippen LogP contribution is -2.57. The summed E-state index contributed by atoms with van der Waals surface area (Å²) in [6.07, 6.45) is 0. The molecule has 0 radical (unpaired) electrons. The van der Waals surface area contributed by atoms with E-state index in [-0.39, 0.29) is 24.4 Å². The second-order valence-electron chi connectivity index (χ2n) is 6.96. The molecule has 0 aromatic heterocycles. The lowest BCUT2D eigenvalue weighted by molar-refractivity contribution is -0.158. The summed E-state index contributed by atoms with van der Waals surface area (Å²) in [7, 11) is 0. The quantitative estimate of drug-likeness (QED) is 0.817. The van der Waals surface area contributed by atoms with Gasteiger partial charge in [-0.25, -0.2) is 0 Å². The van der Waals surface area contributed by atoms with E-state index in [0.717, 1.165) is 16.7 Å². The number of hydrogen-bond donors (Lipinski definition) is 0. The normalized spacial score (nSPS) is 18.0. The van der Waals surface area contributed by atoms with Crippen LogP contribution in [0, 0.1) is 6.92 Å². The third-order valence-electron chi connectivity index (χ3n) is 4.87. The molecular formula is C21H23ClN2O2. The first-order valence-electron chi connectivity index (χ1n) is 8.78. The molecule has 1 aliphatic heterocycles. The van der Waals surface area contributed by atoms with Gasteiger partial charge in [0.05, 0.1) is 0 Å². The number of aryl methyl sites for hydroxylation is 1. The van der Waals surface area contributed by atoms with Gasteiger partial charge in [-0.15, -0.1) is 0 Å². The summed E-state index contributed by atoms with van der Waals surface area (Å²) in [4.78, 5) is 29.4. The largest absolute Gasteiger partial charge is 0.329 e. The fourth-order valence-corrected chi connectivity index (χ4v) is 3.43. The van der Waals surface area contributed by atoms with E-state index in [1.54, 1.807) is 21.9 Å². The van der Waals surface area contributed by atoms with Crippen LogP contribution in [0.5, 0.6) is 0 Å². The Bertz CT molecular complexity index is 817. The first-order chi connectivity index (χ1) is 12.4. The van der Waals surface area contributed by atoms with E-state index in [4.69, 9.17) is 11.6 Å². The van der Waals surface area contributed by atoms with E-state index >= 15 is 0 Å². The Labute approximate surface area is 159 Å². The molecule has 1 heterocycles. The summed E-state index contributed by atoms with van der Waals surface area (Å²) in [5.74, 6) is -0.0861. The average molecular weight is 371 g/mol. The molecule has 26 heavy (non-hydrogen) atoms. The molecule has 4 nitrogen and oxygen atoms in total. The number of nitrogens with zero attached hydrogens (tertiary/aromatic N) is 2. The average Bonchev–Trinajstić information content (AvgIpc) is 2.60. The molecule has 0 spiro atoms. The highest BCUT2D eigenvalue weighted by Gasteiger charge is 2.41. The second-order valence-corrected chi connectivity index (χ2v) is 7.40. The van der Waals surface area contributed by atoms with Crippen molar-refractivity contribution in [3.8, 4) is 0 Å². The summed E-state index contributed by atoms with van der Waals surface area (Å²) in [6.45, 7) is 6.41. The van der Waals surface area contributed by atoms with Crippen LogP contribution in [0.15, 0.2) is 48.5 Å². The zero-order valence-corrected chi connectivity index (χ0v) is 16.0. The van der Waals surface area contributed by atoms with Gasteiger partial charge in [-0.1, -0.05) is 48.0 Å². The van der Waals surface area contributed by atoms with E-state index in [1.807, 2.05) is 57.2 Å². The molecule has 0 bridgehead atoms. The van der Waals surface area contributed by atoms with Crippen molar-refractivity contribution in [2.45, 2.75) is 39.4 Å². The van der Waals surface area contributed by atoms with Crippen molar-refractivity contribution < 1.29 is 9.59 Å². The third kappa shape index (κ3) is 3.61. The Morgan fingerprint density at radius 3 is 2.35 bits per heavy atom. The monoisotopic (exact) mass is 370 g/mol. The predicted molar refractivity (Wildman–Crippen MR) is 103 cm³/mol. The van der Waals surface area contributed by atoms with Crippen molar-refractivity contribution in [1.82, 2.24) is 9.80 Å². The van der Waals surface area contributed by atoms with Crippen LogP contribution in [0.3, 0.4) is 0 Å². The van der Waals surface area contributed by atoms with Crippen LogP contribution in [0.4, 0.5) is 0 Å². The summed E-state index contributed by atoms with van der Waals surface area (Å²) in [6, 6.07) is 14.5. The molecule has 0 saturated carbocycles. The van der Waals surface area contributed by atoms with Crippen LogP contribution in [0.2, 0.25) is 5.02 Å². The summed E-state index contributed by atoms with van der Waals surface area (Å²) in [5.41, 5.74) is 2.94. The van der Waals surface area contributed by atoms with Gasteiger partial charge >= 0.3 is 0 Å². The number of rotatable bonds is 4. The van der Waals surface area contributed by atoms with Crippen molar-refractivity contribution >= 4 is 23.4 Å². The van der Waals surface area contributed by atoms with E-state index in [0.29, 0.717) is 11.6 Å². The second kappa shape index (κ2) is 7.50. The summed E-state index contributed by atoms with van der Waals surface area (Å²) < 4.78 is 0. The first-order valence-corrected chi connectivity index (χ1v) is 9.16. The van der Waals surface area contributed by atoms with Gasteiger partial charge < -0.3 is 9.80 Å². The minimum atomic E-state index is -0.629. The maximum absolute atomic E-state index is 13.2. The van der Waals surface area contributed by atoms with Crippen molar-refractivity contribution in [3.63, 3.8) is 0 Å². The Hall–Kier alpha value is -2.33. The van der Waals surface area contributed by atoms with Crippen molar-refractivity contribution in [1.29, 1.82) is 0 Å². The molecular weight excluding hydrogens is 348 g/mol. The lowest BCUT2D eigenvalue weighted by Gasteiger charge is -2.42. The first kappa shape index (κ1) is 18.5. The van der Waals surface area contributed by atoms with E-state index in [1.165, 1.54) is 0 Å². The molecule has 0 N–H and O–H groups in total. The highest BCUT2D eigenvalue weighted by molar-refractivity contribution is 6.30. The molecule has 5 heteroatoms.